The van der Waals surface area contributed by atoms with Crippen LogP contribution in [-0.2, 0) is 4.79 Å². The first-order valence-electron chi connectivity index (χ1n) is 5.77. The smallest absolute Gasteiger partial charge is 0.244 e. The van der Waals surface area contributed by atoms with E-state index in [2.05, 4.69) is 5.32 Å². The molecule has 1 amide bonds. The highest BCUT2D eigenvalue weighted by atomic mass is 16.2. The molecule has 3 heteroatoms. The highest BCUT2D eigenvalue weighted by Crippen LogP contribution is 2.28. The van der Waals surface area contributed by atoms with Gasteiger partial charge >= 0.3 is 0 Å². The fraction of sp³-hybridized carbons (Fsp3) is 0.462. The van der Waals surface area contributed by atoms with E-state index < -0.39 is 5.54 Å². The number of carbonyl (C=O) groups excluding carboxylic acids is 1. The predicted octanol–water partition coefficient (Wildman–Crippen LogP) is 2.21. The molecule has 0 radical (unpaired) electrons. The van der Waals surface area contributed by atoms with Gasteiger partial charge in [-0.15, -0.1) is 0 Å². The van der Waals surface area contributed by atoms with Gasteiger partial charge in [0, 0.05) is 5.69 Å². The van der Waals surface area contributed by atoms with Crippen molar-refractivity contribution in [2.75, 3.05) is 5.32 Å². The molecule has 0 unspecified atom stereocenters. The molecule has 0 heterocycles. The van der Waals surface area contributed by atoms with Crippen LogP contribution in [0, 0.1) is 6.92 Å². The number of hydrogen-bond donors (Lipinski definition) is 2. The molecule has 1 aromatic carbocycles. The fourth-order valence-corrected chi connectivity index (χ4v) is 2.21. The van der Waals surface area contributed by atoms with Crippen LogP contribution in [0.2, 0.25) is 0 Å². The minimum Gasteiger partial charge on any atom is -0.324 e. The van der Waals surface area contributed by atoms with Gasteiger partial charge < -0.3 is 11.1 Å². The van der Waals surface area contributed by atoms with E-state index in [9.17, 15) is 4.79 Å². The molecule has 16 heavy (non-hydrogen) atoms. The van der Waals surface area contributed by atoms with Gasteiger partial charge in [0.05, 0.1) is 5.54 Å². The number of rotatable bonds is 2. The number of nitrogens with one attached hydrogen (secondary N) is 1. The summed E-state index contributed by atoms with van der Waals surface area (Å²) in [5.74, 6) is -0.0457. The summed E-state index contributed by atoms with van der Waals surface area (Å²) in [5, 5.41) is 2.90. The molecule has 86 valence electrons. The first-order chi connectivity index (χ1) is 7.60. The number of nitrogens with two attached hydrogens (primary N) is 1. The van der Waals surface area contributed by atoms with E-state index in [1.807, 2.05) is 31.2 Å². The van der Waals surface area contributed by atoms with Gasteiger partial charge in [0.2, 0.25) is 5.91 Å². The zero-order valence-electron chi connectivity index (χ0n) is 9.62. The van der Waals surface area contributed by atoms with Gasteiger partial charge in [-0.05, 0) is 37.5 Å². The Labute approximate surface area is 96.0 Å². The molecule has 2 rings (SSSR count). The number of hydrogen-bond acceptors (Lipinski definition) is 2. The molecule has 0 aromatic heterocycles. The summed E-state index contributed by atoms with van der Waals surface area (Å²) in [5.41, 5.74) is 7.40. The highest BCUT2D eigenvalue weighted by Gasteiger charge is 2.36. The van der Waals surface area contributed by atoms with Crippen LogP contribution in [0.25, 0.3) is 0 Å². The molecule has 0 bridgehead atoms. The third-order valence-corrected chi connectivity index (χ3v) is 3.22. The average molecular weight is 218 g/mol. The summed E-state index contributed by atoms with van der Waals surface area (Å²) in [6, 6.07) is 7.78. The molecular formula is C13H18N2O. The van der Waals surface area contributed by atoms with Gasteiger partial charge in [-0.1, -0.05) is 25.0 Å². The van der Waals surface area contributed by atoms with E-state index in [1.54, 1.807) is 0 Å². The monoisotopic (exact) mass is 218 g/mol. The Morgan fingerprint density at radius 1 is 1.38 bits per heavy atom. The molecular weight excluding hydrogens is 200 g/mol. The van der Waals surface area contributed by atoms with Crippen molar-refractivity contribution in [1.82, 2.24) is 0 Å². The Morgan fingerprint density at radius 3 is 2.69 bits per heavy atom. The van der Waals surface area contributed by atoms with Crippen molar-refractivity contribution in [3.05, 3.63) is 29.8 Å². The van der Waals surface area contributed by atoms with E-state index >= 15 is 0 Å². The van der Waals surface area contributed by atoms with E-state index in [0.29, 0.717) is 0 Å². The first kappa shape index (κ1) is 11.1. The van der Waals surface area contributed by atoms with Gasteiger partial charge in [0.1, 0.15) is 0 Å². The Morgan fingerprint density at radius 2 is 2.06 bits per heavy atom. The third kappa shape index (κ3) is 2.25. The van der Waals surface area contributed by atoms with Crippen molar-refractivity contribution in [1.29, 1.82) is 0 Å². The van der Waals surface area contributed by atoms with Gasteiger partial charge in [-0.25, -0.2) is 0 Å². The van der Waals surface area contributed by atoms with Crippen LogP contribution < -0.4 is 11.1 Å². The number of amides is 1. The van der Waals surface area contributed by atoms with Gasteiger partial charge in [-0.2, -0.15) is 0 Å². The van der Waals surface area contributed by atoms with Gasteiger partial charge in [0.25, 0.3) is 0 Å². The topological polar surface area (TPSA) is 55.1 Å². The lowest BCUT2D eigenvalue weighted by Crippen LogP contribution is -2.48. The van der Waals surface area contributed by atoms with Crippen LogP contribution in [0.3, 0.4) is 0 Å². The molecule has 3 N–H and O–H groups in total. The highest BCUT2D eigenvalue weighted by molar-refractivity contribution is 5.98. The summed E-state index contributed by atoms with van der Waals surface area (Å²) < 4.78 is 0. The molecule has 3 nitrogen and oxygen atoms in total. The lowest BCUT2D eigenvalue weighted by molar-refractivity contribution is -0.121. The number of aryl methyl sites for hydroxylation is 1. The second kappa shape index (κ2) is 4.26. The fourth-order valence-electron chi connectivity index (χ4n) is 2.21. The van der Waals surface area contributed by atoms with Gasteiger partial charge in [-0.3, -0.25) is 4.79 Å². The minimum absolute atomic E-state index is 0.0457. The molecule has 1 saturated carbocycles. The third-order valence-electron chi connectivity index (χ3n) is 3.22. The summed E-state index contributed by atoms with van der Waals surface area (Å²) >= 11 is 0. The lowest BCUT2D eigenvalue weighted by atomic mass is 9.98. The number of carbonyl (C=O) groups is 1. The van der Waals surface area contributed by atoms with Crippen LogP contribution in [0.1, 0.15) is 31.2 Å². The van der Waals surface area contributed by atoms with Crippen LogP contribution in [0.5, 0.6) is 0 Å². The first-order valence-corrected chi connectivity index (χ1v) is 5.77. The van der Waals surface area contributed by atoms with Crippen molar-refractivity contribution in [3.8, 4) is 0 Å². The Bertz CT molecular complexity index is 395. The summed E-state index contributed by atoms with van der Waals surface area (Å²) in [6.07, 6.45) is 3.70. The van der Waals surface area contributed by atoms with Gasteiger partial charge in [0.15, 0.2) is 0 Å². The van der Waals surface area contributed by atoms with E-state index in [-0.39, 0.29) is 5.91 Å². The van der Waals surface area contributed by atoms with Crippen LogP contribution in [-0.4, -0.2) is 11.4 Å². The van der Waals surface area contributed by atoms with Crippen LogP contribution in [0.4, 0.5) is 5.69 Å². The minimum atomic E-state index is -0.649. The second-order valence-electron chi connectivity index (χ2n) is 4.69. The number of anilines is 1. The molecule has 0 aliphatic heterocycles. The molecule has 1 fully saturated rings. The summed E-state index contributed by atoms with van der Waals surface area (Å²) in [4.78, 5) is 12.0. The molecule has 1 aliphatic rings. The van der Waals surface area contributed by atoms with E-state index in [1.165, 1.54) is 0 Å². The maximum atomic E-state index is 12.0. The predicted molar refractivity (Wildman–Crippen MR) is 65.2 cm³/mol. The molecule has 0 spiro atoms. The van der Waals surface area contributed by atoms with Crippen molar-refractivity contribution >= 4 is 11.6 Å². The quantitative estimate of drug-likeness (QED) is 0.799. The average Bonchev–Trinajstić information content (AvgIpc) is 2.66. The standard InChI is InChI=1S/C13H18N2O/c1-10-5-4-6-11(9-10)15-12(16)13(14)7-2-3-8-13/h4-6,9H,2-3,7-8,14H2,1H3,(H,15,16). The van der Waals surface area contributed by atoms with E-state index in [4.69, 9.17) is 5.73 Å². The second-order valence-corrected chi connectivity index (χ2v) is 4.69. The van der Waals surface area contributed by atoms with Crippen molar-refractivity contribution < 1.29 is 4.79 Å². The van der Waals surface area contributed by atoms with Crippen molar-refractivity contribution in [3.63, 3.8) is 0 Å². The molecule has 0 atom stereocenters. The zero-order chi connectivity index (χ0) is 11.6. The lowest BCUT2D eigenvalue weighted by Gasteiger charge is -2.22. The Kier molecular flexibility index (Phi) is 2.97. The van der Waals surface area contributed by atoms with Crippen LogP contribution in [0.15, 0.2) is 24.3 Å². The molecule has 1 aromatic rings. The molecule has 1 aliphatic carbocycles. The SMILES string of the molecule is Cc1cccc(NC(=O)C2(N)CCCC2)c1. The van der Waals surface area contributed by atoms with Crippen molar-refractivity contribution in [2.24, 2.45) is 5.73 Å². The zero-order valence-corrected chi connectivity index (χ0v) is 9.62. The Hall–Kier alpha value is -1.35. The summed E-state index contributed by atoms with van der Waals surface area (Å²) in [7, 11) is 0. The van der Waals surface area contributed by atoms with E-state index in [0.717, 1.165) is 36.9 Å². The summed E-state index contributed by atoms with van der Waals surface area (Å²) in [6.45, 7) is 2.00. The Balaban J connectivity index is 2.07. The van der Waals surface area contributed by atoms with Crippen molar-refractivity contribution in [2.45, 2.75) is 38.1 Å². The van der Waals surface area contributed by atoms with Crippen LogP contribution >= 0.6 is 0 Å². The normalized spacial score (nSPS) is 18.4. The largest absolute Gasteiger partial charge is 0.324 e. The maximum Gasteiger partial charge on any atom is 0.244 e. The number of benzene rings is 1. The maximum absolute atomic E-state index is 12.0. The molecule has 0 saturated heterocycles.